The van der Waals surface area contributed by atoms with E-state index in [1.807, 2.05) is 30.9 Å². The van der Waals surface area contributed by atoms with Crippen LogP contribution in [0.4, 0.5) is 11.6 Å². The number of rotatable bonds is 7. The van der Waals surface area contributed by atoms with Crippen LogP contribution in [-0.2, 0) is 0 Å². The highest BCUT2D eigenvalue weighted by molar-refractivity contribution is 6.34. The fraction of sp³-hybridized carbons (Fsp3) is 0.350. The fourth-order valence-corrected chi connectivity index (χ4v) is 3.19. The van der Waals surface area contributed by atoms with E-state index in [2.05, 4.69) is 30.5 Å². The summed E-state index contributed by atoms with van der Waals surface area (Å²) in [6, 6.07) is 7.36. The SMILES string of the molecule is CCN(CC)c1ncc(Cl)c(C(=O)Nc2ccc(-c3n[nH]c(C4CC4)n3)cc2)n1. The van der Waals surface area contributed by atoms with Crippen LogP contribution in [0.3, 0.4) is 0 Å². The zero-order chi connectivity index (χ0) is 20.4. The number of amides is 1. The molecule has 0 unspecified atom stereocenters. The van der Waals surface area contributed by atoms with Crippen molar-refractivity contribution < 1.29 is 4.79 Å². The van der Waals surface area contributed by atoms with Crippen LogP contribution < -0.4 is 10.2 Å². The highest BCUT2D eigenvalue weighted by atomic mass is 35.5. The standard InChI is InChI=1S/C20H22ClN7O/c1-3-28(4-2)20-22-11-15(21)16(24-20)19(29)23-14-9-7-13(8-10-14)18-25-17(26-27-18)12-5-6-12/h7-12H,3-6H2,1-2H3,(H,23,29)(H,25,26,27). The van der Waals surface area contributed by atoms with Gasteiger partial charge in [0.15, 0.2) is 11.5 Å². The van der Waals surface area contributed by atoms with E-state index in [0.717, 1.165) is 24.5 Å². The molecule has 0 saturated heterocycles. The van der Waals surface area contributed by atoms with Gasteiger partial charge in [-0.15, -0.1) is 0 Å². The number of H-pyrrole nitrogens is 1. The molecular formula is C20H22ClN7O. The Labute approximate surface area is 173 Å². The van der Waals surface area contributed by atoms with Crippen LogP contribution in [0.5, 0.6) is 0 Å². The minimum atomic E-state index is -0.382. The van der Waals surface area contributed by atoms with Gasteiger partial charge < -0.3 is 10.2 Å². The molecule has 150 valence electrons. The van der Waals surface area contributed by atoms with Gasteiger partial charge in [0.25, 0.3) is 5.91 Å². The van der Waals surface area contributed by atoms with E-state index in [4.69, 9.17) is 11.6 Å². The molecule has 1 aliphatic carbocycles. The van der Waals surface area contributed by atoms with Crippen molar-refractivity contribution in [1.82, 2.24) is 25.1 Å². The number of carbonyl (C=O) groups is 1. The van der Waals surface area contributed by atoms with Crippen molar-refractivity contribution in [2.75, 3.05) is 23.3 Å². The molecule has 2 N–H and O–H groups in total. The van der Waals surface area contributed by atoms with Gasteiger partial charge >= 0.3 is 0 Å². The molecule has 0 atom stereocenters. The molecule has 2 aromatic heterocycles. The molecule has 0 bridgehead atoms. The second-order valence-electron chi connectivity index (χ2n) is 6.89. The number of hydrogen-bond donors (Lipinski definition) is 2. The van der Waals surface area contributed by atoms with Crippen LogP contribution in [0, 0.1) is 0 Å². The van der Waals surface area contributed by atoms with Gasteiger partial charge in [0.1, 0.15) is 5.82 Å². The van der Waals surface area contributed by atoms with E-state index in [9.17, 15) is 4.79 Å². The van der Waals surface area contributed by atoms with E-state index in [0.29, 0.717) is 23.4 Å². The quantitative estimate of drug-likeness (QED) is 0.611. The highest BCUT2D eigenvalue weighted by Crippen LogP contribution is 2.38. The predicted octanol–water partition coefficient (Wildman–Crippen LogP) is 3.89. The molecule has 3 aromatic rings. The Hall–Kier alpha value is -3.00. The third kappa shape index (κ3) is 4.22. The van der Waals surface area contributed by atoms with Crippen molar-refractivity contribution in [3.8, 4) is 11.4 Å². The summed E-state index contributed by atoms with van der Waals surface area (Å²) in [4.78, 5) is 27.8. The number of benzene rings is 1. The number of anilines is 2. The Morgan fingerprint density at radius 1 is 1.21 bits per heavy atom. The lowest BCUT2D eigenvalue weighted by molar-refractivity contribution is 0.102. The number of nitrogens with one attached hydrogen (secondary N) is 2. The normalized spacial score (nSPS) is 13.3. The number of aromatic nitrogens is 5. The number of halogens is 1. The molecule has 1 aromatic carbocycles. The molecule has 4 rings (SSSR count). The van der Waals surface area contributed by atoms with Crippen molar-refractivity contribution in [2.45, 2.75) is 32.6 Å². The van der Waals surface area contributed by atoms with Crippen molar-refractivity contribution >= 4 is 29.1 Å². The molecule has 29 heavy (non-hydrogen) atoms. The smallest absolute Gasteiger partial charge is 0.276 e. The lowest BCUT2D eigenvalue weighted by Gasteiger charge is -2.19. The zero-order valence-electron chi connectivity index (χ0n) is 16.3. The molecule has 1 saturated carbocycles. The summed E-state index contributed by atoms with van der Waals surface area (Å²) in [5.74, 6) is 2.23. The lowest BCUT2D eigenvalue weighted by Crippen LogP contribution is -2.25. The van der Waals surface area contributed by atoms with Gasteiger partial charge in [-0.25, -0.2) is 15.0 Å². The number of nitrogens with zero attached hydrogens (tertiary/aromatic N) is 5. The summed E-state index contributed by atoms with van der Waals surface area (Å²) in [6.07, 6.45) is 3.79. The van der Waals surface area contributed by atoms with E-state index in [1.165, 1.54) is 19.0 Å². The molecule has 2 heterocycles. The molecule has 9 heteroatoms. The molecule has 8 nitrogen and oxygen atoms in total. The second-order valence-corrected chi connectivity index (χ2v) is 7.30. The topological polar surface area (TPSA) is 99.7 Å². The maximum absolute atomic E-state index is 12.7. The molecule has 0 spiro atoms. The monoisotopic (exact) mass is 411 g/mol. The minimum Gasteiger partial charge on any atom is -0.341 e. The molecular weight excluding hydrogens is 390 g/mol. The third-order valence-corrected chi connectivity index (χ3v) is 5.14. The Morgan fingerprint density at radius 2 is 1.93 bits per heavy atom. The minimum absolute atomic E-state index is 0.149. The van der Waals surface area contributed by atoms with Gasteiger partial charge in [-0.05, 0) is 51.0 Å². The van der Waals surface area contributed by atoms with E-state index in [1.54, 1.807) is 12.1 Å². The molecule has 0 aliphatic heterocycles. The van der Waals surface area contributed by atoms with Gasteiger partial charge in [0.2, 0.25) is 5.95 Å². The molecule has 0 radical (unpaired) electrons. The van der Waals surface area contributed by atoms with Crippen LogP contribution in [0.1, 0.15) is 48.9 Å². The van der Waals surface area contributed by atoms with Crippen LogP contribution in [-0.4, -0.2) is 44.1 Å². The predicted molar refractivity (Wildman–Crippen MR) is 112 cm³/mol. The fourth-order valence-electron chi connectivity index (χ4n) is 3.01. The summed E-state index contributed by atoms with van der Waals surface area (Å²) in [6.45, 7) is 5.49. The van der Waals surface area contributed by atoms with Gasteiger partial charge in [0, 0.05) is 30.3 Å². The molecule has 1 aliphatic rings. The zero-order valence-corrected chi connectivity index (χ0v) is 17.1. The second kappa shape index (κ2) is 8.16. The largest absolute Gasteiger partial charge is 0.341 e. The Kier molecular flexibility index (Phi) is 5.44. The first-order valence-electron chi connectivity index (χ1n) is 9.70. The van der Waals surface area contributed by atoms with Crippen LogP contribution in [0.15, 0.2) is 30.5 Å². The van der Waals surface area contributed by atoms with Crippen molar-refractivity contribution in [3.63, 3.8) is 0 Å². The maximum Gasteiger partial charge on any atom is 0.276 e. The Balaban J connectivity index is 1.48. The average molecular weight is 412 g/mol. The number of carbonyl (C=O) groups excluding carboxylic acids is 1. The molecule has 1 amide bonds. The summed E-state index contributed by atoms with van der Waals surface area (Å²) in [7, 11) is 0. The van der Waals surface area contributed by atoms with Crippen LogP contribution >= 0.6 is 11.6 Å². The molecule has 1 fully saturated rings. The Morgan fingerprint density at radius 3 is 2.59 bits per heavy atom. The third-order valence-electron chi connectivity index (χ3n) is 4.86. The van der Waals surface area contributed by atoms with Crippen molar-refractivity contribution in [3.05, 3.63) is 47.0 Å². The van der Waals surface area contributed by atoms with E-state index >= 15 is 0 Å². The van der Waals surface area contributed by atoms with E-state index in [-0.39, 0.29) is 16.6 Å². The van der Waals surface area contributed by atoms with Gasteiger partial charge in [-0.2, -0.15) is 5.10 Å². The van der Waals surface area contributed by atoms with E-state index < -0.39 is 0 Å². The van der Waals surface area contributed by atoms with Crippen LogP contribution in [0.2, 0.25) is 5.02 Å². The highest BCUT2D eigenvalue weighted by Gasteiger charge is 2.27. The average Bonchev–Trinajstić information content (AvgIpc) is 3.47. The van der Waals surface area contributed by atoms with Gasteiger partial charge in [-0.3, -0.25) is 9.89 Å². The maximum atomic E-state index is 12.7. The van der Waals surface area contributed by atoms with Crippen LogP contribution in [0.25, 0.3) is 11.4 Å². The summed E-state index contributed by atoms with van der Waals surface area (Å²) >= 11 is 6.16. The number of hydrogen-bond acceptors (Lipinski definition) is 6. The first kappa shape index (κ1) is 19.3. The van der Waals surface area contributed by atoms with Crippen molar-refractivity contribution in [1.29, 1.82) is 0 Å². The summed E-state index contributed by atoms with van der Waals surface area (Å²) < 4.78 is 0. The first-order valence-corrected chi connectivity index (χ1v) is 10.1. The summed E-state index contributed by atoms with van der Waals surface area (Å²) in [5.41, 5.74) is 1.67. The van der Waals surface area contributed by atoms with Crippen molar-refractivity contribution in [2.24, 2.45) is 0 Å². The van der Waals surface area contributed by atoms with Gasteiger partial charge in [-0.1, -0.05) is 11.6 Å². The Bertz CT molecular complexity index is 1010. The first-order chi connectivity index (χ1) is 14.1. The van der Waals surface area contributed by atoms with Gasteiger partial charge in [0.05, 0.1) is 11.2 Å². The number of aromatic amines is 1. The summed E-state index contributed by atoms with van der Waals surface area (Å²) in [5, 5.41) is 10.3. The lowest BCUT2D eigenvalue weighted by atomic mass is 10.2.